The number of nitrogens with zero attached hydrogens (tertiary/aromatic N) is 1. The maximum absolute atomic E-state index is 2.55. The van der Waals surface area contributed by atoms with Crippen LogP contribution in [-0.4, -0.2) is 17.8 Å². The third-order valence-electron chi connectivity index (χ3n) is 4.24. The van der Waals surface area contributed by atoms with Gasteiger partial charge in [-0.1, -0.05) is 85.0 Å². The number of rotatable bonds is 5. The number of benzene rings is 2. The zero-order valence-corrected chi connectivity index (χ0v) is 14.0. The molecule has 0 bridgehead atoms. The second-order valence-electron chi connectivity index (χ2n) is 5.64. The van der Waals surface area contributed by atoms with Gasteiger partial charge in [-0.05, 0) is 24.6 Å². The van der Waals surface area contributed by atoms with Gasteiger partial charge in [-0.3, -0.25) is 4.67 Å². The Morgan fingerprint density at radius 1 is 0.818 bits per heavy atom. The van der Waals surface area contributed by atoms with Crippen LogP contribution in [-0.2, 0) is 0 Å². The van der Waals surface area contributed by atoms with Crippen LogP contribution in [0, 0.1) is 5.92 Å². The molecule has 2 aromatic rings. The zero-order valence-electron chi connectivity index (χ0n) is 13.1. The summed E-state index contributed by atoms with van der Waals surface area (Å²) in [5, 5.41) is 2.81. The maximum atomic E-state index is 2.55. The summed E-state index contributed by atoms with van der Waals surface area (Å²) in [7, 11) is 1.76. The molecular formula is C20H22NP. The van der Waals surface area contributed by atoms with Crippen molar-refractivity contribution < 1.29 is 0 Å². The van der Waals surface area contributed by atoms with Gasteiger partial charge in [0.25, 0.3) is 0 Å². The number of allylic oxidation sites excluding steroid dienone is 2. The van der Waals surface area contributed by atoms with Gasteiger partial charge in [-0.2, -0.15) is 0 Å². The molecule has 0 aliphatic heterocycles. The van der Waals surface area contributed by atoms with Gasteiger partial charge in [0, 0.05) is 20.0 Å². The summed E-state index contributed by atoms with van der Waals surface area (Å²) in [6, 6.07) is 22.2. The largest absolute Gasteiger partial charge is 0.274 e. The summed E-state index contributed by atoms with van der Waals surface area (Å²) in [6.07, 6.45) is 8.90. The van der Waals surface area contributed by atoms with Gasteiger partial charge in [0.1, 0.15) is 0 Å². The molecule has 1 nitrogen and oxygen atoms in total. The quantitative estimate of drug-likeness (QED) is 0.752. The molecule has 1 aliphatic carbocycles. The molecule has 0 amide bonds. The summed E-state index contributed by atoms with van der Waals surface area (Å²) in [6.45, 7) is 2.33. The molecule has 0 fully saturated rings. The van der Waals surface area contributed by atoms with Crippen molar-refractivity contribution in [2.75, 3.05) is 7.05 Å². The van der Waals surface area contributed by atoms with E-state index in [0.29, 0.717) is 12.0 Å². The average molecular weight is 307 g/mol. The first kappa shape index (κ1) is 15.2. The molecule has 1 atom stereocenters. The molecule has 0 saturated carbocycles. The Hall–Kier alpha value is -1.69. The molecule has 22 heavy (non-hydrogen) atoms. The monoisotopic (exact) mass is 307 g/mol. The van der Waals surface area contributed by atoms with Crippen LogP contribution in [0.4, 0.5) is 0 Å². The molecule has 0 radical (unpaired) electrons. The van der Waals surface area contributed by atoms with Crippen molar-refractivity contribution in [1.82, 2.24) is 4.67 Å². The molecule has 2 aromatic carbocycles. The van der Waals surface area contributed by atoms with E-state index in [1.54, 1.807) is 0 Å². The third-order valence-corrected chi connectivity index (χ3v) is 6.81. The lowest BCUT2D eigenvalue weighted by atomic mass is 10.0. The van der Waals surface area contributed by atoms with Gasteiger partial charge in [-0.25, -0.2) is 0 Å². The minimum Gasteiger partial charge on any atom is -0.274 e. The van der Waals surface area contributed by atoms with Crippen LogP contribution in [0.25, 0.3) is 0 Å². The highest BCUT2D eigenvalue weighted by Crippen LogP contribution is 2.40. The van der Waals surface area contributed by atoms with Gasteiger partial charge in [-0.15, -0.1) is 0 Å². The minimum atomic E-state index is -0.502. The average Bonchev–Trinajstić information content (AvgIpc) is 3.11. The first-order valence-electron chi connectivity index (χ1n) is 7.75. The SMILES string of the molecule is C[C@@H](C1C=CC=C1)N(C)P(c1ccccc1)c1ccccc1. The molecule has 0 aromatic heterocycles. The van der Waals surface area contributed by atoms with E-state index in [-0.39, 0.29) is 0 Å². The van der Waals surface area contributed by atoms with E-state index in [1.807, 2.05) is 0 Å². The van der Waals surface area contributed by atoms with Gasteiger partial charge >= 0.3 is 0 Å². The predicted octanol–water partition coefficient (Wildman–Crippen LogP) is 4.10. The molecule has 0 N–H and O–H groups in total. The molecule has 0 heterocycles. The number of hydrogen-bond donors (Lipinski definition) is 0. The first-order chi connectivity index (χ1) is 10.8. The van der Waals surface area contributed by atoms with E-state index in [0.717, 1.165) is 0 Å². The van der Waals surface area contributed by atoms with E-state index in [9.17, 15) is 0 Å². The van der Waals surface area contributed by atoms with Crippen molar-refractivity contribution in [3.63, 3.8) is 0 Å². The van der Waals surface area contributed by atoms with Crippen LogP contribution in [0.1, 0.15) is 6.92 Å². The van der Waals surface area contributed by atoms with Crippen LogP contribution < -0.4 is 10.6 Å². The van der Waals surface area contributed by atoms with Crippen molar-refractivity contribution in [3.05, 3.63) is 85.0 Å². The van der Waals surface area contributed by atoms with Gasteiger partial charge in [0.05, 0.1) is 0 Å². The van der Waals surface area contributed by atoms with E-state index in [2.05, 4.69) is 104 Å². The Morgan fingerprint density at radius 2 is 1.27 bits per heavy atom. The van der Waals surface area contributed by atoms with Gasteiger partial charge < -0.3 is 0 Å². The fourth-order valence-corrected chi connectivity index (χ4v) is 5.31. The smallest absolute Gasteiger partial charge is 0.0281 e. The molecular weight excluding hydrogens is 285 g/mol. The van der Waals surface area contributed by atoms with Crippen LogP contribution in [0.15, 0.2) is 85.0 Å². The summed E-state index contributed by atoms with van der Waals surface area (Å²) < 4.78 is 2.55. The maximum Gasteiger partial charge on any atom is 0.0281 e. The summed E-state index contributed by atoms with van der Waals surface area (Å²) >= 11 is 0. The van der Waals surface area contributed by atoms with E-state index < -0.39 is 8.07 Å². The molecule has 2 heteroatoms. The van der Waals surface area contributed by atoms with E-state index >= 15 is 0 Å². The normalized spacial score (nSPS) is 15.8. The third kappa shape index (κ3) is 3.21. The Bertz CT molecular complexity index is 596. The Kier molecular flexibility index (Phi) is 4.87. The lowest BCUT2D eigenvalue weighted by molar-refractivity contribution is 0.383. The van der Waals surface area contributed by atoms with Crippen molar-refractivity contribution in [2.24, 2.45) is 5.92 Å². The Labute approximate surface area is 134 Å². The molecule has 112 valence electrons. The highest BCUT2D eigenvalue weighted by Gasteiger charge is 2.26. The lowest BCUT2D eigenvalue weighted by Crippen LogP contribution is -2.35. The Morgan fingerprint density at radius 3 is 1.73 bits per heavy atom. The van der Waals surface area contributed by atoms with E-state index in [1.165, 1.54) is 10.6 Å². The zero-order chi connectivity index (χ0) is 15.4. The topological polar surface area (TPSA) is 3.24 Å². The van der Waals surface area contributed by atoms with Crippen LogP contribution in [0.3, 0.4) is 0 Å². The number of hydrogen-bond acceptors (Lipinski definition) is 1. The Balaban J connectivity index is 1.95. The van der Waals surface area contributed by atoms with Crippen molar-refractivity contribution >= 4 is 18.7 Å². The molecule has 1 aliphatic rings. The second-order valence-corrected chi connectivity index (χ2v) is 7.93. The van der Waals surface area contributed by atoms with Crippen LogP contribution in [0.5, 0.6) is 0 Å². The fraction of sp³-hybridized carbons (Fsp3) is 0.200. The predicted molar refractivity (Wildman–Crippen MR) is 98.1 cm³/mol. The van der Waals surface area contributed by atoms with Crippen molar-refractivity contribution in [1.29, 1.82) is 0 Å². The van der Waals surface area contributed by atoms with Crippen molar-refractivity contribution in [3.8, 4) is 0 Å². The second kappa shape index (κ2) is 7.05. The van der Waals surface area contributed by atoms with Gasteiger partial charge in [0.15, 0.2) is 0 Å². The minimum absolute atomic E-state index is 0.474. The highest BCUT2D eigenvalue weighted by molar-refractivity contribution is 7.70. The summed E-state index contributed by atoms with van der Waals surface area (Å²) in [5.74, 6) is 0.502. The molecule has 3 rings (SSSR count). The summed E-state index contributed by atoms with van der Waals surface area (Å²) in [4.78, 5) is 0. The molecule has 0 unspecified atom stereocenters. The standard InChI is InChI=1S/C20H22NP/c1-17(18-11-9-10-12-18)21(2)22(19-13-5-3-6-14-19)20-15-7-4-8-16-20/h3-18H,1-2H3/t17-/m0/s1. The lowest BCUT2D eigenvalue weighted by Gasteiger charge is -2.35. The van der Waals surface area contributed by atoms with Gasteiger partial charge in [0.2, 0.25) is 0 Å². The molecule has 0 saturated heterocycles. The van der Waals surface area contributed by atoms with Crippen molar-refractivity contribution in [2.45, 2.75) is 13.0 Å². The van der Waals surface area contributed by atoms with Crippen LogP contribution >= 0.6 is 8.07 Å². The molecule has 0 spiro atoms. The van der Waals surface area contributed by atoms with E-state index in [4.69, 9.17) is 0 Å². The summed E-state index contributed by atoms with van der Waals surface area (Å²) in [5.41, 5.74) is 0. The fourth-order valence-electron chi connectivity index (χ4n) is 2.85. The first-order valence-corrected chi connectivity index (χ1v) is 9.05. The van der Waals surface area contributed by atoms with Crippen LogP contribution in [0.2, 0.25) is 0 Å². The highest BCUT2D eigenvalue weighted by atomic mass is 31.1.